The van der Waals surface area contributed by atoms with E-state index >= 15 is 0 Å². The molecule has 9 nitrogen and oxygen atoms in total. The zero-order valence-electron chi connectivity index (χ0n) is 25.8. The topological polar surface area (TPSA) is 114 Å². The fraction of sp³-hybridized carbons (Fsp3) is 0.237. The number of morpholine rings is 1. The number of hydrogen-bond donors (Lipinski definition) is 2. The third-order valence-electron chi connectivity index (χ3n) is 9.42. The van der Waals surface area contributed by atoms with Gasteiger partial charge in [-0.2, -0.15) is 0 Å². The van der Waals surface area contributed by atoms with E-state index in [1.54, 1.807) is 12.1 Å². The van der Waals surface area contributed by atoms with Crippen molar-refractivity contribution < 1.29 is 33.7 Å². The van der Waals surface area contributed by atoms with Crippen LogP contribution in [0.1, 0.15) is 40.4 Å². The van der Waals surface area contributed by atoms with Crippen molar-refractivity contribution in [1.82, 2.24) is 4.90 Å². The molecule has 3 aliphatic heterocycles. The van der Waals surface area contributed by atoms with E-state index in [0.29, 0.717) is 22.6 Å². The lowest BCUT2D eigenvalue weighted by Crippen LogP contribution is -2.52. The molecule has 1 amide bonds. The maximum Gasteiger partial charge on any atom is 0.325 e. The number of amides is 1. The first-order valence-corrected chi connectivity index (χ1v) is 16.8. The number of nitrogens with one attached hydrogen (secondary N) is 1. The molecule has 0 saturated carbocycles. The van der Waals surface area contributed by atoms with Crippen LogP contribution in [0.25, 0.3) is 0 Å². The van der Waals surface area contributed by atoms with Crippen molar-refractivity contribution in [3.63, 3.8) is 0 Å². The highest BCUT2D eigenvalue weighted by Crippen LogP contribution is 2.65. The summed E-state index contributed by atoms with van der Waals surface area (Å²) in [7, 11) is 0. The monoisotopic (exact) mass is 756 g/mol. The van der Waals surface area contributed by atoms with E-state index in [-0.39, 0.29) is 19.8 Å². The van der Waals surface area contributed by atoms with Crippen LogP contribution in [0.2, 0.25) is 0 Å². The molecule has 2 fully saturated rings. The van der Waals surface area contributed by atoms with E-state index in [2.05, 4.69) is 34.5 Å². The highest BCUT2D eigenvalue weighted by molar-refractivity contribution is 14.1. The van der Waals surface area contributed by atoms with Crippen LogP contribution in [0.3, 0.4) is 0 Å². The Morgan fingerprint density at radius 2 is 1.62 bits per heavy atom. The number of cyclic esters (lactones) is 1. The molecule has 0 bridgehead atoms. The quantitative estimate of drug-likeness (QED) is 0.128. The van der Waals surface area contributed by atoms with E-state index in [0.717, 1.165) is 14.7 Å². The first kappa shape index (κ1) is 32.0. The Labute approximate surface area is 291 Å². The van der Waals surface area contributed by atoms with Gasteiger partial charge in [0, 0.05) is 9.26 Å². The zero-order valence-corrected chi connectivity index (χ0v) is 28.0. The summed E-state index contributed by atoms with van der Waals surface area (Å²) in [6, 6.07) is 29.5. The Balaban J connectivity index is 1.53. The number of fused-ring (bicyclic) bond motifs is 3. The summed E-state index contributed by atoms with van der Waals surface area (Å²) in [4.78, 5) is 45.8. The molecule has 244 valence electrons. The average molecular weight is 757 g/mol. The number of aliphatic hydroxyl groups is 1. The number of benzene rings is 4. The smallest absolute Gasteiger partial charge is 0.325 e. The zero-order chi connectivity index (χ0) is 33.4. The normalized spacial score (nSPS) is 25.9. The minimum absolute atomic E-state index is 0.0930. The molecule has 3 aliphatic rings. The van der Waals surface area contributed by atoms with Crippen LogP contribution < -0.4 is 10.1 Å². The van der Waals surface area contributed by atoms with Crippen molar-refractivity contribution in [3.8, 4) is 5.75 Å². The summed E-state index contributed by atoms with van der Waals surface area (Å²) >= 11 is 2.20. The summed E-state index contributed by atoms with van der Waals surface area (Å²) < 4.78 is 18.6. The van der Waals surface area contributed by atoms with Crippen LogP contribution in [-0.4, -0.2) is 53.7 Å². The molecule has 4 aromatic carbocycles. The summed E-state index contributed by atoms with van der Waals surface area (Å²) in [5.41, 5.74) is 1.91. The Morgan fingerprint density at radius 1 is 0.938 bits per heavy atom. The molecule has 0 radical (unpaired) electrons. The Bertz CT molecular complexity index is 1850. The van der Waals surface area contributed by atoms with E-state index in [9.17, 15) is 19.5 Å². The van der Waals surface area contributed by atoms with E-state index in [4.69, 9.17) is 14.2 Å². The second-order valence-electron chi connectivity index (χ2n) is 12.0. The molecule has 10 heteroatoms. The standard InChI is InChI=1S/C38H33IN2O7/c1-2-20-47-35(43)30-32-36(44)48-33(24-11-7-4-8-12-24)31(23-9-5-3-6-10-23)41(32)34(25-13-16-27(17-14-25)46-21-19-42)38(30)28-22-26(39)15-18-29(28)40-37(38)45/h2-18,22,30-34,42H,1,19-21H2,(H,40,45)/t30-,31-,32-,33+,34+,38-/m0/s1. The maximum atomic E-state index is 14.8. The van der Waals surface area contributed by atoms with Crippen LogP contribution in [0, 0.1) is 9.49 Å². The van der Waals surface area contributed by atoms with Crippen LogP contribution in [0.15, 0.2) is 116 Å². The number of ether oxygens (including phenoxy) is 3. The predicted octanol–water partition coefficient (Wildman–Crippen LogP) is 5.66. The molecule has 48 heavy (non-hydrogen) atoms. The van der Waals surface area contributed by atoms with Gasteiger partial charge in [-0.3, -0.25) is 19.3 Å². The highest BCUT2D eigenvalue weighted by Gasteiger charge is 2.74. The molecular formula is C38H33IN2O7. The predicted molar refractivity (Wildman–Crippen MR) is 186 cm³/mol. The van der Waals surface area contributed by atoms with Crippen molar-refractivity contribution in [2.75, 3.05) is 25.1 Å². The van der Waals surface area contributed by atoms with Crippen molar-refractivity contribution in [3.05, 3.63) is 142 Å². The van der Waals surface area contributed by atoms with Crippen LogP contribution >= 0.6 is 22.6 Å². The van der Waals surface area contributed by atoms with Gasteiger partial charge in [-0.25, -0.2) is 0 Å². The molecule has 0 aliphatic carbocycles. The fourth-order valence-corrected chi connectivity index (χ4v) is 8.16. The van der Waals surface area contributed by atoms with Crippen molar-refractivity contribution >= 4 is 46.1 Å². The van der Waals surface area contributed by atoms with Gasteiger partial charge in [-0.1, -0.05) is 85.5 Å². The average Bonchev–Trinajstić information content (AvgIpc) is 3.59. The van der Waals surface area contributed by atoms with Gasteiger partial charge in [-0.15, -0.1) is 0 Å². The van der Waals surface area contributed by atoms with Crippen molar-refractivity contribution in [2.45, 2.75) is 29.6 Å². The molecule has 3 heterocycles. The van der Waals surface area contributed by atoms with Crippen LogP contribution in [0.4, 0.5) is 5.69 Å². The van der Waals surface area contributed by atoms with Gasteiger partial charge in [0.15, 0.2) is 0 Å². The largest absolute Gasteiger partial charge is 0.491 e. The second kappa shape index (κ2) is 13.2. The van der Waals surface area contributed by atoms with E-state index in [1.807, 2.05) is 95.9 Å². The lowest BCUT2D eigenvalue weighted by atomic mass is 9.65. The number of carbonyl (C=O) groups excluding carboxylic acids is 3. The van der Waals surface area contributed by atoms with Gasteiger partial charge >= 0.3 is 11.9 Å². The molecule has 7 rings (SSSR count). The highest BCUT2D eigenvalue weighted by atomic mass is 127. The molecule has 4 aromatic rings. The number of esters is 2. The molecule has 2 N–H and O–H groups in total. The fourth-order valence-electron chi connectivity index (χ4n) is 7.67. The van der Waals surface area contributed by atoms with Gasteiger partial charge in [0.25, 0.3) is 0 Å². The minimum Gasteiger partial charge on any atom is -0.491 e. The number of carbonyl (C=O) groups is 3. The third kappa shape index (κ3) is 5.19. The van der Waals surface area contributed by atoms with Gasteiger partial charge < -0.3 is 24.6 Å². The van der Waals surface area contributed by atoms with Gasteiger partial charge in [-0.05, 0) is 75.2 Å². The first-order valence-electron chi connectivity index (χ1n) is 15.7. The number of anilines is 1. The summed E-state index contributed by atoms with van der Waals surface area (Å²) in [5.74, 6) is -2.46. The lowest BCUT2D eigenvalue weighted by molar-refractivity contribution is -0.180. The lowest BCUT2D eigenvalue weighted by Gasteiger charge is -2.46. The Hall–Kier alpha value is -4.52. The maximum absolute atomic E-state index is 14.8. The number of nitrogens with zero attached hydrogens (tertiary/aromatic N) is 1. The number of aliphatic hydroxyl groups excluding tert-OH is 1. The van der Waals surface area contributed by atoms with Gasteiger partial charge in [0.2, 0.25) is 5.91 Å². The summed E-state index contributed by atoms with van der Waals surface area (Å²) in [6.07, 6.45) is 0.704. The van der Waals surface area contributed by atoms with Gasteiger partial charge in [0.1, 0.15) is 42.4 Å². The van der Waals surface area contributed by atoms with Crippen LogP contribution in [-0.2, 0) is 29.3 Å². The van der Waals surface area contributed by atoms with E-state index < -0.39 is 53.4 Å². The number of halogens is 1. The Morgan fingerprint density at radius 3 is 2.29 bits per heavy atom. The summed E-state index contributed by atoms with van der Waals surface area (Å²) in [6.45, 7) is 3.59. The number of rotatable bonds is 9. The second-order valence-corrected chi connectivity index (χ2v) is 13.2. The minimum atomic E-state index is -1.59. The molecule has 6 atom stereocenters. The van der Waals surface area contributed by atoms with Gasteiger partial charge in [0.05, 0.1) is 18.7 Å². The SMILES string of the molecule is C=CCOC(=O)[C@@H]1[C@H]2C(=O)O[C@H](c3ccccc3)[C@H](c3ccccc3)N2[C@H](c2ccc(OCCO)cc2)[C@@]12C(=O)Nc1ccc(I)cc12. The summed E-state index contributed by atoms with van der Waals surface area (Å²) in [5, 5.41) is 12.4. The first-order chi connectivity index (χ1) is 23.4. The number of hydrogen-bond acceptors (Lipinski definition) is 8. The van der Waals surface area contributed by atoms with Crippen molar-refractivity contribution in [2.24, 2.45) is 5.92 Å². The molecule has 0 unspecified atom stereocenters. The molecule has 2 saturated heterocycles. The Kier molecular flexibility index (Phi) is 8.80. The molecule has 0 aromatic heterocycles. The third-order valence-corrected chi connectivity index (χ3v) is 10.1. The van der Waals surface area contributed by atoms with Crippen molar-refractivity contribution in [1.29, 1.82) is 0 Å². The molecule has 1 spiro atoms. The molecular weight excluding hydrogens is 723 g/mol. The van der Waals surface area contributed by atoms with Crippen LogP contribution in [0.5, 0.6) is 5.75 Å². The van der Waals surface area contributed by atoms with E-state index in [1.165, 1.54) is 6.08 Å².